The molecular weight excluding hydrogens is 418 g/mol. The third-order valence-corrected chi connectivity index (χ3v) is 16.8. The van der Waals surface area contributed by atoms with E-state index in [1.807, 2.05) is 0 Å². The van der Waals surface area contributed by atoms with Gasteiger partial charge in [-0.15, -0.1) is 0 Å². The van der Waals surface area contributed by atoms with Gasteiger partial charge in [0.25, 0.3) is 0 Å². The number of allylic oxidation sites excluding steroid dienone is 2. The van der Waals surface area contributed by atoms with Crippen LogP contribution in [-0.4, -0.2) is 47.6 Å². The van der Waals surface area contributed by atoms with Gasteiger partial charge in [0.1, 0.15) is 6.07 Å². The zero-order valence-electron chi connectivity index (χ0n) is 21.6. The Balaban J connectivity index is 1.99. The topological polar surface area (TPSA) is 66.6 Å². The lowest BCUT2D eigenvalue weighted by Gasteiger charge is -2.37. The van der Waals surface area contributed by atoms with Crippen molar-refractivity contribution in [2.24, 2.45) is 4.99 Å². The van der Waals surface area contributed by atoms with Gasteiger partial charge in [-0.05, 0) is 61.9 Å². The zero-order valence-corrected chi connectivity index (χ0v) is 23.6. The lowest BCUT2D eigenvalue weighted by Crippen LogP contribution is -2.43. The van der Waals surface area contributed by atoms with Gasteiger partial charge in [-0.3, -0.25) is 4.99 Å². The summed E-state index contributed by atoms with van der Waals surface area (Å²) in [7, 11) is -3.53. The average Bonchev–Trinajstić information content (AvgIpc) is 3.27. The first kappa shape index (κ1) is 26.3. The van der Waals surface area contributed by atoms with E-state index in [2.05, 4.69) is 79.1 Å². The van der Waals surface area contributed by atoms with Crippen molar-refractivity contribution in [3.63, 3.8) is 0 Å². The summed E-state index contributed by atoms with van der Waals surface area (Å²) in [6.45, 7) is 24.1. The maximum atomic E-state index is 9.87. The van der Waals surface area contributed by atoms with Gasteiger partial charge in [-0.1, -0.05) is 41.5 Å². The van der Waals surface area contributed by atoms with E-state index in [4.69, 9.17) is 13.8 Å². The molecule has 0 aromatic rings. The minimum absolute atomic E-state index is 0.173. The lowest BCUT2D eigenvalue weighted by molar-refractivity contribution is 0.255. The van der Waals surface area contributed by atoms with Crippen LogP contribution in [-0.2, 0) is 8.85 Å². The molecule has 0 bridgehead atoms. The van der Waals surface area contributed by atoms with Crippen molar-refractivity contribution in [3.05, 3.63) is 11.3 Å². The van der Waals surface area contributed by atoms with Crippen LogP contribution in [0.5, 0.6) is 0 Å². The van der Waals surface area contributed by atoms with Crippen LogP contribution in [0, 0.1) is 11.3 Å². The van der Waals surface area contributed by atoms with Crippen molar-refractivity contribution in [1.82, 2.24) is 5.32 Å². The molecule has 7 heteroatoms. The van der Waals surface area contributed by atoms with Crippen molar-refractivity contribution < 1.29 is 8.85 Å². The lowest BCUT2D eigenvalue weighted by atomic mass is 10.1. The molecule has 2 atom stereocenters. The second-order valence-corrected chi connectivity index (χ2v) is 21.9. The van der Waals surface area contributed by atoms with Crippen LogP contribution in [0.4, 0.5) is 0 Å². The van der Waals surface area contributed by atoms with Gasteiger partial charge >= 0.3 is 0 Å². The van der Waals surface area contributed by atoms with Crippen LogP contribution < -0.4 is 5.32 Å². The van der Waals surface area contributed by atoms with Gasteiger partial charge in [-0.25, -0.2) is 0 Å². The maximum absolute atomic E-state index is 9.87. The van der Waals surface area contributed by atoms with Gasteiger partial charge in [0.15, 0.2) is 16.6 Å². The van der Waals surface area contributed by atoms with E-state index in [1.54, 1.807) is 0 Å². The van der Waals surface area contributed by atoms with E-state index >= 15 is 0 Å². The average molecular weight is 464 g/mol. The summed E-state index contributed by atoms with van der Waals surface area (Å²) in [4.78, 5) is 4.90. The Morgan fingerprint density at radius 3 is 2.03 bits per heavy atom. The fourth-order valence-corrected chi connectivity index (χ4v) is 5.44. The van der Waals surface area contributed by atoms with E-state index in [9.17, 15) is 5.26 Å². The van der Waals surface area contributed by atoms with E-state index in [0.29, 0.717) is 13.2 Å². The summed E-state index contributed by atoms with van der Waals surface area (Å²) in [5, 5.41) is 13.9. The molecule has 1 N–H and O–H groups in total. The highest BCUT2D eigenvalue weighted by Crippen LogP contribution is 2.38. The second-order valence-electron chi connectivity index (χ2n) is 12.3. The molecule has 176 valence electrons. The largest absolute Gasteiger partial charge is 0.415 e. The quantitative estimate of drug-likeness (QED) is 0.362. The normalized spacial score (nSPS) is 24.6. The van der Waals surface area contributed by atoms with Crippen LogP contribution in [0.1, 0.15) is 67.2 Å². The van der Waals surface area contributed by atoms with Gasteiger partial charge in [0.05, 0.1) is 30.5 Å². The van der Waals surface area contributed by atoms with Crippen molar-refractivity contribution in [2.75, 3.05) is 13.2 Å². The summed E-state index contributed by atoms with van der Waals surface area (Å²) >= 11 is 0. The first-order valence-corrected chi connectivity index (χ1v) is 17.6. The van der Waals surface area contributed by atoms with Crippen molar-refractivity contribution in [3.8, 4) is 6.07 Å². The van der Waals surface area contributed by atoms with Crippen molar-refractivity contribution in [2.45, 2.75) is 116 Å². The zero-order chi connectivity index (χ0) is 23.7. The molecule has 0 amide bonds. The summed E-state index contributed by atoms with van der Waals surface area (Å²) in [6, 6.07) is 2.90. The molecule has 0 radical (unpaired) electrons. The van der Waals surface area contributed by atoms with Gasteiger partial charge < -0.3 is 14.2 Å². The number of hydrogen-bond acceptors (Lipinski definition) is 5. The Bertz CT molecular complexity index is 752. The maximum Gasteiger partial charge on any atom is 0.192 e. The molecule has 0 unspecified atom stereocenters. The predicted octanol–water partition coefficient (Wildman–Crippen LogP) is 6.16. The molecule has 0 aromatic carbocycles. The minimum Gasteiger partial charge on any atom is -0.415 e. The van der Waals surface area contributed by atoms with Crippen LogP contribution >= 0.6 is 0 Å². The summed E-state index contributed by atoms with van der Waals surface area (Å²) < 4.78 is 12.8. The molecule has 2 rings (SSSR count). The Kier molecular flexibility index (Phi) is 8.06. The van der Waals surface area contributed by atoms with Crippen molar-refractivity contribution >= 4 is 22.3 Å². The third-order valence-electron chi connectivity index (χ3n) is 7.77. The Hall–Kier alpha value is -0.946. The molecule has 0 spiro atoms. The highest BCUT2D eigenvalue weighted by Gasteiger charge is 2.39. The molecule has 2 heterocycles. The third kappa shape index (κ3) is 6.53. The van der Waals surface area contributed by atoms with Gasteiger partial charge in [0.2, 0.25) is 0 Å². The molecule has 2 aliphatic heterocycles. The number of nitrogens with one attached hydrogen (secondary N) is 1. The summed E-state index contributed by atoms with van der Waals surface area (Å²) in [5.41, 5.74) is 2.76. The molecule has 0 saturated carbocycles. The fraction of sp³-hybridized carbons (Fsp3) is 0.833. The van der Waals surface area contributed by atoms with E-state index in [-0.39, 0.29) is 22.2 Å². The number of rotatable bonds is 7. The molecule has 1 saturated heterocycles. The van der Waals surface area contributed by atoms with Gasteiger partial charge in [0, 0.05) is 11.7 Å². The molecule has 0 aromatic heterocycles. The molecule has 5 nitrogen and oxygen atoms in total. The summed E-state index contributed by atoms with van der Waals surface area (Å²) in [5.74, 6) is 0. The number of hydrogen-bond donors (Lipinski definition) is 1. The SMILES string of the molecule is CC(C)(C)[Si](C)(C)OC[C@@H]1CCC(C(C#N)=C2CC[C@@H](CO[Si](C)(C)C(C)(C)C)N2)=N1. The highest BCUT2D eigenvalue weighted by atomic mass is 28.4. The highest BCUT2D eigenvalue weighted by molar-refractivity contribution is 6.74. The number of nitrogens with zero attached hydrogens (tertiary/aromatic N) is 2. The second kappa shape index (κ2) is 9.50. The standard InChI is InChI=1S/C24H45N3O2Si2/c1-23(2,3)30(7,8)28-16-18-11-13-21(26-18)20(15-25)22-14-12-19(27-22)17-29-31(9,10)24(4,5)6/h18-19,26H,11-14,16-17H2,1-10H3/t18-,19-/m0/s1. The summed E-state index contributed by atoms with van der Waals surface area (Å²) in [6.07, 6.45) is 3.75. The first-order chi connectivity index (χ1) is 14.1. The number of nitriles is 1. The van der Waals surface area contributed by atoms with E-state index in [1.165, 1.54) is 0 Å². The molecule has 1 fully saturated rings. The van der Waals surface area contributed by atoms with Gasteiger partial charge in [-0.2, -0.15) is 5.26 Å². The van der Waals surface area contributed by atoms with Crippen LogP contribution in [0.3, 0.4) is 0 Å². The Morgan fingerprint density at radius 1 is 0.968 bits per heavy atom. The molecule has 0 aliphatic carbocycles. The predicted molar refractivity (Wildman–Crippen MR) is 136 cm³/mol. The Morgan fingerprint density at radius 2 is 1.52 bits per heavy atom. The van der Waals surface area contributed by atoms with Crippen molar-refractivity contribution in [1.29, 1.82) is 5.26 Å². The molecule has 2 aliphatic rings. The number of aliphatic imine (C=N–C) groups is 1. The first-order valence-electron chi connectivity index (χ1n) is 11.8. The minimum atomic E-state index is -1.77. The molecule has 31 heavy (non-hydrogen) atoms. The van der Waals surface area contributed by atoms with E-state index < -0.39 is 16.6 Å². The molecular formula is C24H45N3O2Si2. The Labute approximate surface area is 193 Å². The monoisotopic (exact) mass is 463 g/mol. The smallest absolute Gasteiger partial charge is 0.192 e. The van der Waals surface area contributed by atoms with Crippen LogP contribution in [0.15, 0.2) is 16.3 Å². The van der Waals surface area contributed by atoms with Crippen LogP contribution in [0.25, 0.3) is 0 Å². The van der Waals surface area contributed by atoms with Crippen LogP contribution in [0.2, 0.25) is 36.3 Å². The van der Waals surface area contributed by atoms with E-state index in [0.717, 1.165) is 42.7 Å². The fourth-order valence-electron chi connectivity index (χ4n) is 3.35.